The van der Waals surface area contributed by atoms with Gasteiger partial charge in [-0.2, -0.15) is 0 Å². The molecular formula is C28H35N3O5. The van der Waals surface area contributed by atoms with Gasteiger partial charge in [-0.25, -0.2) is 0 Å². The number of aliphatic carboxylic acids is 1. The number of piperidine rings is 2. The number of methoxy groups -OCH3 is 1. The maximum Gasteiger partial charge on any atom is 0.253 e. The zero-order chi connectivity index (χ0) is 25.2. The molecule has 0 radical (unpaired) electrons. The van der Waals surface area contributed by atoms with E-state index in [-0.39, 0.29) is 29.7 Å². The zero-order valence-electron chi connectivity index (χ0n) is 20.9. The van der Waals surface area contributed by atoms with Crippen LogP contribution in [0.25, 0.3) is 0 Å². The number of carbonyl (C=O) groups is 2. The molecule has 0 saturated carbocycles. The number of pyridine rings is 1. The summed E-state index contributed by atoms with van der Waals surface area (Å²) in [7, 11) is 1.60. The number of carboxylic acids is 1. The Labute approximate surface area is 211 Å². The van der Waals surface area contributed by atoms with E-state index in [1.807, 2.05) is 15.5 Å². The highest BCUT2D eigenvalue weighted by atomic mass is 16.5. The number of hydrogen-bond donors (Lipinski definition) is 1. The van der Waals surface area contributed by atoms with E-state index >= 15 is 0 Å². The van der Waals surface area contributed by atoms with Crippen LogP contribution < -0.4 is 20.3 Å². The van der Waals surface area contributed by atoms with Crippen LogP contribution in [0.5, 0.6) is 5.75 Å². The fraction of sp³-hybridized carbons (Fsp3) is 0.536. The Morgan fingerprint density at radius 2 is 1.89 bits per heavy atom. The molecular weight excluding hydrogens is 458 g/mol. The Hall–Kier alpha value is -3.13. The number of amides is 1. The number of carboxylic acid groups (broad SMARTS) is 1. The van der Waals surface area contributed by atoms with Crippen molar-refractivity contribution in [1.29, 1.82) is 0 Å². The highest BCUT2D eigenvalue weighted by Crippen LogP contribution is 2.32. The largest absolute Gasteiger partial charge is 0.550 e. The minimum absolute atomic E-state index is 0.0172. The summed E-state index contributed by atoms with van der Waals surface area (Å²) in [5.41, 5.74) is 1.87. The number of hydrogen-bond acceptors (Lipinski definition) is 5. The molecule has 3 aliphatic heterocycles. The zero-order valence-corrected chi connectivity index (χ0v) is 20.9. The molecule has 4 heterocycles. The summed E-state index contributed by atoms with van der Waals surface area (Å²) in [6.45, 7) is 4.89. The highest BCUT2D eigenvalue weighted by Gasteiger charge is 2.38. The molecule has 1 aromatic heterocycles. The Morgan fingerprint density at radius 3 is 2.64 bits per heavy atom. The van der Waals surface area contributed by atoms with E-state index in [1.165, 1.54) is 4.90 Å². The van der Waals surface area contributed by atoms with Crippen LogP contribution >= 0.6 is 0 Å². The standard InChI is InChI=1S/C28H35N3O5/c1-36-24-7-5-20(6-8-24)28(35)30-12-10-21(14-27(33)34)22(18-30)9-11-29-15-19-13-23(17-29)25-3-2-4-26(32)31(25)16-19/h2-8,19,21-23H,9-18H2,1H3,(H,33,34)/t19-,21-,22-,23+/m0/s1. The molecule has 192 valence electrons. The SMILES string of the molecule is COc1ccc(C(=O)N2CC[C@@H](CC(=O)[O-])[C@@H](CC[NH+]3C[C@@H]4C[C@H](C3)c3cccc(=O)n3C4)C2)cc1. The van der Waals surface area contributed by atoms with Crippen LogP contribution in [-0.2, 0) is 11.3 Å². The molecule has 2 saturated heterocycles. The number of rotatable bonds is 7. The summed E-state index contributed by atoms with van der Waals surface area (Å²) < 4.78 is 7.15. The van der Waals surface area contributed by atoms with Crippen molar-refractivity contribution in [2.75, 3.05) is 39.8 Å². The van der Waals surface area contributed by atoms with Crippen LogP contribution in [0.15, 0.2) is 47.3 Å². The van der Waals surface area contributed by atoms with Crippen LogP contribution in [0.1, 0.15) is 47.7 Å². The molecule has 5 atom stereocenters. The third-order valence-electron chi connectivity index (χ3n) is 8.49. The second kappa shape index (κ2) is 10.5. The van der Waals surface area contributed by atoms with Crippen molar-refractivity contribution in [3.63, 3.8) is 0 Å². The lowest BCUT2D eigenvalue weighted by Crippen LogP contribution is -3.14. The molecule has 8 nitrogen and oxygen atoms in total. The molecule has 0 spiro atoms. The number of quaternary nitrogens is 1. The Kier molecular flexibility index (Phi) is 7.14. The number of carbonyl (C=O) groups excluding carboxylic acids is 2. The molecule has 3 aliphatic rings. The number of likely N-dealkylation sites (tertiary alicyclic amines) is 2. The van der Waals surface area contributed by atoms with E-state index < -0.39 is 5.97 Å². The van der Waals surface area contributed by atoms with E-state index in [0.717, 1.165) is 44.7 Å². The lowest BCUT2D eigenvalue weighted by molar-refractivity contribution is -0.911. The number of fused-ring (bicyclic) bond motifs is 4. The van der Waals surface area contributed by atoms with Gasteiger partial charge >= 0.3 is 0 Å². The first-order chi connectivity index (χ1) is 17.4. The first-order valence-corrected chi connectivity index (χ1v) is 13.1. The lowest BCUT2D eigenvalue weighted by Gasteiger charge is -2.42. The van der Waals surface area contributed by atoms with E-state index in [0.29, 0.717) is 42.7 Å². The minimum Gasteiger partial charge on any atom is -0.550 e. The van der Waals surface area contributed by atoms with Gasteiger partial charge in [0.15, 0.2) is 0 Å². The molecule has 1 unspecified atom stereocenters. The van der Waals surface area contributed by atoms with Crippen molar-refractivity contribution in [2.24, 2.45) is 17.8 Å². The number of aromatic nitrogens is 1. The molecule has 2 aromatic rings. The summed E-state index contributed by atoms with van der Waals surface area (Å²) in [4.78, 5) is 40.3. The van der Waals surface area contributed by atoms with Gasteiger partial charge in [0.1, 0.15) is 5.75 Å². The second-order valence-corrected chi connectivity index (χ2v) is 10.8. The first kappa shape index (κ1) is 24.6. The Bertz CT molecular complexity index is 1160. The molecule has 0 aliphatic carbocycles. The Balaban J connectivity index is 1.25. The number of ether oxygens (including phenoxy) is 1. The van der Waals surface area contributed by atoms with Crippen molar-refractivity contribution in [3.05, 3.63) is 64.1 Å². The smallest absolute Gasteiger partial charge is 0.253 e. The normalized spacial score (nSPS) is 27.2. The first-order valence-electron chi connectivity index (χ1n) is 13.1. The van der Waals surface area contributed by atoms with Gasteiger partial charge in [-0.05, 0) is 61.4 Å². The minimum atomic E-state index is -1.01. The molecule has 2 bridgehead atoms. The molecule has 8 heteroatoms. The molecule has 1 amide bonds. The van der Waals surface area contributed by atoms with E-state index in [4.69, 9.17) is 4.74 Å². The average molecular weight is 494 g/mol. The van der Waals surface area contributed by atoms with Crippen molar-refractivity contribution in [1.82, 2.24) is 9.47 Å². The second-order valence-electron chi connectivity index (χ2n) is 10.8. The van der Waals surface area contributed by atoms with Gasteiger partial charge in [-0.1, -0.05) is 6.07 Å². The fourth-order valence-corrected chi connectivity index (χ4v) is 6.70. The average Bonchev–Trinajstić information content (AvgIpc) is 2.88. The monoisotopic (exact) mass is 493 g/mol. The molecule has 36 heavy (non-hydrogen) atoms. The van der Waals surface area contributed by atoms with Gasteiger partial charge < -0.3 is 29.0 Å². The maximum atomic E-state index is 13.2. The third kappa shape index (κ3) is 5.19. The molecule has 1 N–H and O–H groups in total. The lowest BCUT2D eigenvalue weighted by atomic mass is 9.80. The van der Waals surface area contributed by atoms with E-state index in [9.17, 15) is 19.5 Å². The van der Waals surface area contributed by atoms with Gasteiger partial charge in [-0.15, -0.1) is 0 Å². The van der Waals surface area contributed by atoms with Crippen LogP contribution in [0.2, 0.25) is 0 Å². The Morgan fingerprint density at radius 1 is 1.08 bits per heavy atom. The van der Waals surface area contributed by atoms with Gasteiger partial charge in [-0.3, -0.25) is 9.59 Å². The van der Waals surface area contributed by atoms with Gasteiger partial charge in [0.2, 0.25) is 0 Å². The third-order valence-corrected chi connectivity index (χ3v) is 8.49. The number of benzene rings is 1. The quantitative estimate of drug-likeness (QED) is 0.593. The maximum absolute atomic E-state index is 13.2. The summed E-state index contributed by atoms with van der Waals surface area (Å²) >= 11 is 0. The van der Waals surface area contributed by atoms with Crippen molar-refractivity contribution >= 4 is 11.9 Å². The van der Waals surface area contributed by atoms with Gasteiger partial charge in [0.05, 0.1) is 26.7 Å². The van der Waals surface area contributed by atoms with Crippen molar-refractivity contribution in [2.45, 2.75) is 38.1 Å². The summed E-state index contributed by atoms with van der Waals surface area (Å²) in [5, 5.41) is 11.5. The fourth-order valence-electron chi connectivity index (χ4n) is 6.70. The van der Waals surface area contributed by atoms with Gasteiger partial charge in [0, 0.05) is 61.2 Å². The van der Waals surface area contributed by atoms with Crippen LogP contribution in [0, 0.1) is 17.8 Å². The van der Waals surface area contributed by atoms with E-state index in [2.05, 4.69) is 6.07 Å². The van der Waals surface area contributed by atoms with Crippen molar-refractivity contribution in [3.8, 4) is 5.75 Å². The van der Waals surface area contributed by atoms with Crippen molar-refractivity contribution < 1.29 is 24.3 Å². The van der Waals surface area contributed by atoms with E-state index in [1.54, 1.807) is 37.4 Å². The molecule has 1 aromatic carbocycles. The summed E-state index contributed by atoms with van der Waals surface area (Å²) in [6.07, 6.45) is 2.73. The molecule has 2 fully saturated rings. The number of nitrogens with one attached hydrogen (secondary N) is 1. The summed E-state index contributed by atoms with van der Waals surface area (Å²) in [6, 6.07) is 12.7. The topological polar surface area (TPSA) is 96.1 Å². The van der Waals surface area contributed by atoms with Crippen LogP contribution in [0.3, 0.4) is 0 Å². The predicted molar refractivity (Wildman–Crippen MR) is 132 cm³/mol. The summed E-state index contributed by atoms with van der Waals surface area (Å²) in [5.74, 6) is 0.711. The molecule has 5 rings (SSSR count). The predicted octanol–water partition coefficient (Wildman–Crippen LogP) is 0.168. The van der Waals surface area contributed by atoms with Gasteiger partial charge in [0.25, 0.3) is 11.5 Å². The van der Waals surface area contributed by atoms with Crippen LogP contribution in [-0.4, -0.2) is 61.2 Å². The highest BCUT2D eigenvalue weighted by molar-refractivity contribution is 5.94. The van der Waals surface area contributed by atoms with Crippen LogP contribution in [0.4, 0.5) is 0 Å². The number of nitrogens with zero attached hydrogens (tertiary/aromatic N) is 2.